The van der Waals surface area contributed by atoms with Gasteiger partial charge >= 0.3 is 5.97 Å². The van der Waals surface area contributed by atoms with Gasteiger partial charge in [-0.15, -0.1) is 3.71 Å². The molecule has 1 heterocycles. The SMILES string of the molecule is Cc1cccc(C)c1SN(CCc1c(CCOc2ccc(C(=O)O)cc2)c2cc(Cl)ccc2n1C(c1ccccc1)c1ccccc1)S(C)(=O)=O. The average Bonchev–Trinajstić information content (AvgIpc) is 3.40. The van der Waals surface area contributed by atoms with Crippen molar-refractivity contribution < 1.29 is 23.1 Å². The van der Waals surface area contributed by atoms with Crippen LogP contribution in [0.2, 0.25) is 5.02 Å². The fraction of sp³-hybridized carbons (Fsp3) is 0.195. The summed E-state index contributed by atoms with van der Waals surface area (Å²) in [6.07, 6.45) is 2.17. The van der Waals surface area contributed by atoms with Gasteiger partial charge in [-0.05, 0) is 96.1 Å². The van der Waals surface area contributed by atoms with Gasteiger partial charge in [0.2, 0.25) is 10.0 Å². The Morgan fingerprint density at radius 3 is 2.02 bits per heavy atom. The van der Waals surface area contributed by atoms with E-state index in [1.165, 1.54) is 34.0 Å². The Balaban J connectivity index is 1.48. The zero-order valence-corrected chi connectivity index (χ0v) is 31.0. The molecule has 0 radical (unpaired) electrons. The Kier molecular flexibility index (Phi) is 11.2. The average molecular weight is 739 g/mol. The van der Waals surface area contributed by atoms with Crippen molar-refractivity contribution in [2.24, 2.45) is 0 Å². The number of aromatic nitrogens is 1. The second-order valence-corrected chi connectivity index (χ2v) is 16.1. The fourth-order valence-corrected chi connectivity index (χ4v) is 8.67. The van der Waals surface area contributed by atoms with E-state index >= 15 is 0 Å². The summed E-state index contributed by atoms with van der Waals surface area (Å²) in [6, 6.07) is 38.6. The highest BCUT2D eigenvalue weighted by atomic mass is 35.5. The van der Waals surface area contributed by atoms with Gasteiger partial charge in [0.15, 0.2) is 0 Å². The Bertz CT molecular complexity index is 2200. The van der Waals surface area contributed by atoms with Crippen molar-refractivity contribution in [3.63, 3.8) is 0 Å². The molecule has 0 aliphatic heterocycles. The number of benzene rings is 5. The molecule has 7 nitrogen and oxygen atoms in total. The minimum absolute atomic E-state index is 0.185. The Morgan fingerprint density at radius 2 is 1.45 bits per heavy atom. The van der Waals surface area contributed by atoms with E-state index < -0.39 is 16.0 Å². The smallest absolute Gasteiger partial charge is 0.335 e. The van der Waals surface area contributed by atoms with Gasteiger partial charge in [-0.1, -0.05) is 90.5 Å². The van der Waals surface area contributed by atoms with Crippen LogP contribution in [-0.2, 0) is 22.9 Å². The number of fused-ring (bicyclic) bond motifs is 1. The van der Waals surface area contributed by atoms with Crippen LogP contribution in [0.4, 0.5) is 0 Å². The Labute approximate surface area is 308 Å². The molecule has 51 heavy (non-hydrogen) atoms. The summed E-state index contributed by atoms with van der Waals surface area (Å²) < 4.78 is 36.7. The number of nitrogens with zero attached hydrogens (tertiary/aromatic N) is 2. The van der Waals surface area contributed by atoms with E-state index in [4.69, 9.17) is 16.3 Å². The second kappa shape index (κ2) is 15.8. The lowest BCUT2D eigenvalue weighted by Gasteiger charge is -2.26. The number of rotatable bonds is 14. The second-order valence-electron chi connectivity index (χ2n) is 12.5. The van der Waals surface area contributed by atoms with Crippen molar-refractivity contribution >= 4 is 50.4 Å². The zero-order chi connectivity index (χ0) is 36.1. The minimum atomic E-state index is -3.62. The van der Waals surface area contributed by atoms with E-state index in [0.717, 1.165) is 49.3 Å². The highest BCUT2D eigenvalue weighted by Crippen LogP contribution is 2.39. The predicted molar refractivity (Wildman–Crippen MR) is 207 cm³/mol. The maximum absolute atomic E-state index is 13.4. The van der Waals surface area contributed by atoms with Crippen LogP contribution in [0, 0.1) is 13.8 Å². The van der Waals surface area contributed by atoms with Gasteiger partial charge < -0.3 is 14.4 Å². The van der Waals surface area contributed by atoms with Gasteiger partial charge in [0.1, 0.15) is 5.75 Å². The van der Waals surface area contributed by atoms with E-state index in [1.54, 1.807) is 12.1 Å². The third kappa shape index (κ3) is 8.34. The highest BCUT2D eigenvalue weighted by Gasteiger charge is 2.28. The summed E-state index contributed by atoms with van der Waals surface area (Å²) in [5.74, 6) is -0.441. The normalized spacial score (nSPS) is 11.8. The van der Waals surface area contributed by atoms with E-state index in [9.17, 15) is 18.3 Å². The number of sulfonamides is 1. The molecule has 1 aromatic heterocycles. The van der Waals surface area contributed by atoms with E-state index in [1.807, 2.05) is 86.6 Å². The maximum Gasteiger partial charge on any atom is 0.335 e. The van der Waals surface area contributed by atoms with Crippen molar-refractivity contribution in [2.75, 3.05) is 19.4 Å². The summed E-state index contributed by atoms with van der Waals surface area (Å²) in [4.78, 5) is 12.3. The molecule has 1 N–H and O–H groups in total. The summed E-state index contributed by atoms with van der Waals surface area (Å²) in [6.45, 7) is 4.52. The van der Waals surface area contributed by atoms with Crippen molar-refractivity contribution in [2.45, 2.75) is 37.6 Å². The molecular weight excluding hydrogens is 700 g/mol. The molecule has 262 valence electrons. The molecule has 10 heteroatoms. The topological polar surface area (TPSA) is 88.8 Å². The molecule has 0 aliphatic carbocycles. The number of carboxylic acid groups (broad SMARTS) is 1. The summed E-state index contributed by atoms with van der Waals surface area (Å²) in [7, 11) is -3.62. The van der Waals surface area contributed by atoms with Crippen LogP contribution in [0.3, 0.4) is 0 Å². The van der Waals surface area contributed by atoms with Crippen molar-refractivity contribution in [1.29, 1.82) is 0 Å². The molecule has 0 bridgehead atoms. The van der Waals surface area contributed by atoms with Crippen LogP contribution in [-0.4, -0.2) is 47.2 Å². The van der Waals surface area contributed by atoms with Crippen LogP contribution in [0.15, 0.2) is 126 Å². The zero-order valence-electron chi connectivity index (χ0n) is 28.6. The number of ether oxygens (including phenoxy) is 1. The van der Waals surface area contributed by atoms with Crippen LogP contribution in [0.25, 0.3) is 10.9 Å². The van der Waals surface area contributed by atoms with Gasteiger partial charge in [-0.25, -0.2) is 13.2 Å². The molecule has 0 spiro atoms. The molecule has 0 amide bonds. The maximum atomic E-state index is 13.4. The van der Waals surface area contributed by atoms with Crippen LogP contribution < -0.4 is 4.74 Å². The predicted octanol–water partition coefficient (Wildman–Crippen LogP) is 9.38. The molecule has 5 aromatic carbocycles. The summed E-state index contributed by atoms with van der Waals surface area (Å²) in [5, 5.41) is 10.9. The number of aromatic carboxylic acids is 1. The molecule has 0 aliphatic rings. The monoisotopic (exact) mass is 738 g/mol. The molecular formula is C41H39ClN2O5S2. The molecule has 0 fully saturated rings. The number of carboxylic acids is 1. The number of aryl methyl sites for hydroxylation is 2. The minimum Gasteiger partial charge on any atom is -0.493 e. The summed E-state index contributed by atoms with van der Waals surface area (Å²) in [5.41, 5.74) is 7.35. The van der Waals surface area contributed by atoms with Crippen LogP contribution in [0.5, 0.6) is 5.75 Å². The fourth-order valence-electron chi connectivity index (χ4n) is 6.50. The van der Waals surface area contributed by atoms with Gasteiger partial charge in [0, 0.05) is 45.9 Å². The largest absolute Gasteiger partial charge is 0.493 e. The van der Waals surface area contributed by atoms with Crippen molar-refractivity contribution in [3.8, 4) is 5.75 Å². The van der Waals surface area contributed by atoms with E-state index in [2.05, 4.69) is 28.8 Å². The molecule has 0 saturated carbocycles. The molecule has 0 unspecified atom stereocenters. The summed E-state index contributed by atoms with van der Waals surface area (Å²) >= 11 is 7.92. The van der Waals surface area contributed by atoms with Gasteiger partial charge in [0.05, 0.1) is 24.5 Å². The first-order valence-corrected chi connectivity index (χ1v) is 19.6. The van der Waals surface area contributed by atoms with E-state index in [0.29, 0.717) is 30.2 Å². The quantitative estimate of drug-likeness (QED) is 0.112. The van der Waals surface area contributed by atoms with Crippen molar-refractivity contribution in [1.82, 2.24) is 8.28 Å². The van der Waals surface area contributed by atoms with Gasteiger partial charge in [-0.2, -0.15) is 0 Å². The van der Waals surface area contributed by atoms with Gasteiger partial charge in [0.25, 0.3) is 0 Å². The lowest BCUT2D eigenvalue weighted by molar-refractivity contribution is 0.0697. The molecule has 0 saturated heterocycles. The molecule has 6 aromatic rings. The molecule has 0 atom stereocenters. The van der Waals surface area contributed by atoms with E-state index in [-0.39, 0.29) is 18.2 Å². The Morgan fingerprint density at radius 1 is 0.843 bits per heavy atom. The standard InChI is InChI=1S/C41H39ClN2O5S2/c1-28-11-10-12-29(2)40(28)50-43(51(3,47)48)25-23-38-35(24-26-49-34-20-17-32(18-21-34)41(45)46)36-27-33(42)19-22-37(36)44(38)39(30-13-6-4-7-14-30)31-15-8-5-9-16-31/h4-22,27,39H,23-26H2,1-3H3,(H,45,46). The molecule has 6 rings (SSSR count). The number of hydrogen-bond acceptors (Lipinski definition) is 5. The third-order valence-corrected chi connectivity index (χ3v) is 12.3. The van der Waals surface area contributed by atoms with Crippen molar-refractivity contribution in [3.05, 3.63) is 165 Å². The third-order valence-electron chi connectivity index (χ3n) is 8.90. The van der Waals surface area contributed by atoms with Crippen LogP contribution in [0.1, 0.15) is 49.9 Å². The van der Waals surface area contributed by atoms with Gasteiger partial charge in [-0.3, -0.25) is 0 Å². The first-order valence-electron chi connectivity index (χ1n) is 16.6. The lowest BCUT2D eigenvalue weighted by atomic mass is 9.97. The first-order chi connectivity index (χ1) is 24.5. The lowest BCUT2D eigenvalue weighted by Crippen LogP contribution is -2.27. The number of carbonyl (C=O) groups is 1. The Hall–Kier alpha value is -4.54. The number of halogens is 1. The first kappa shape index (κ1) is 36.3. The van der Waals surface area contributed by atoms with Crippen LogP contribution >= 0.6 is 23.5 Å². The highest BCUT2D eigenvalue weighted by molar-refractivity contribution is 8.08. The number of hydrogen-bond donors (Lipinski definition) is 1.